The molecule has 9 heteroatoms. The van der Waals surface area contributed by atoms with Gasteiger partial charge in [0.25, 0.3) is 0 Å². The van der Waals surface area contributed by atoms with Crippen LogP contribution in [0.5, 0.6) is 0 Å². The fraction of sp³-hybridized carbons (Fsp3) is 0.357. The van der Waals surface area contributed by atoms with Crippen LogP contribution in [-0.2, 0) is 22.3 Å². The van der Waals surface area contributed by atoms with E-state index in [1.165, 1.54) is 18.6 Å². The maximum atomic E-state index is 12.7. The third-order valence-electron chi connectivity index (χ3n) is 3.24. The monoisotopic (exact) mass is 347 g/mol. The summed E-state index contributed by atoms with van der Waals surface area (Å²) >= 11 is 0. The summed E-state index contributed by atoms with van der Waals surface area (Å²) in [6, 6.07) is 2.20. The number of alkyl halides is 3. The second-order valence-electron chi connectivity index (χ2n) is 4.93. The van der Waals surface area contributed by atoms with Gasteiger partial charge in [0, 0.05) is 22.9 Å². The van der Waals surface area contributed by atoms with Gasteiger partial charge in [-0.05, 0) is 19.4 Å². The average Bonchev–Trinajstić information content (AvgIpc) is 2.92. The topological polar surface area (TPSA) is 68.0 Å². The first-order chi connectivity index (χ1) is 10.6. The summed E-state index contributed by atoms with van der Waals surface area (Å²) in [5, 5.41) is 0. The van der Waals surface area contributed by atoms with Crippen molar-refractivity contribution in [3.05, 3.63) is 41.5 Å². The molecular formula is C14H16F3N3O2S. The van der Waals surface area contributed by atoms with Crippen LogP contribution in [0.4, 0.5) is 19.2 Å². The smallest absolute Gasteiger partial charge is 0.431 e. The van der Waals surface area contributed by atoms with Crippen LogP contribution in [0.3, 0.4) is 0 Å². The highest BCUT2D eigenvalue weighted by molar-refractivity contribution is 8.03. The molecule has 0 aliphatic heterocycles. The number of anilines is 1. The summed E-state index contributed by atoms with van der Waals surface area (Å²) in [5.41, 5.74) is 0.0571. The van der Waals surface area contributed by atoms with E-state index in [0.717, 1.165) is 12.3 Å². The summed E-state index contributed by atoms with van der Waals surface area (Å²) in [6.45, 7) is 3.46. The van der Waals surface area contributed by atoms with Crippen molar-refractivity contribution >= 4 is 20.6 Å². The van der Waals surface area contributed by atoms with Crippen LogP contribution < -0.4 is 4.72 Å². The van der Waals surface area contributed by atoms with Crippen molar-refractivity contribution in [1.29, 1.82) is 0 Å². The van der Waals surface area contributed by atoms with E-state index < -0.39 is 21.6 Å². The molecule has 0 fully saturated rings. The van der Waals surface area contributed by atoms with Crippen molar-refractivity contribution in [3.8, 4) is 0 Å². The van der Waals surface area contributed by atoms with Gasteiger partial charge in [0.15, 0.2) is 0 Å². The van der Waals surface area contributed by atoms with Crippen LogP contribution >= 0.6 is 0 Å². The van der Waals surface area contributed by atoms with E-state index >= 15 is 0 Å². The molecular weight excluding hydrogens is 331 g/mol. The molecule has 1 unspecified atom stereocenters. The highest BCUT2D eigenvalue weighted by Crippen LogP contribution is 2.27. The van der Waals surface area contributed by atoms with Gasteiger partial charge in [0.05, 0.1) is 15.4 Å². The Morgan fingerprint density at radius 3 is 2.57 bits per heavy atom. The van der Waals surface area contributed by atoms with E-state index in [1.54, 1.807) is 6.92 Å². The van der Waals surface area contributed by atoms with Gasteiger partial charge in [0.2, 0.25) is 0 Å². The zero-order valence-corrected chi connectivity index (χ0v) is 13.6. The molecule has 2 heterocycles. The number of hydrogen-bond acceptors (Lipinski definition) is 4. The van der Waals surface area contributed by atoms with Gasteiger partial charge in [-0.3, -0.25) is 9.71 Å². The molecule has 126 valence electrons. The number of aryl methyl sites for hydroxylation is 1. The Kier molecular flexibility index (Phi) is 4.69. The van der Waals surface area contributed by atoms with Crippen molar-refractivity contribution in [1.82, 2.24) is 9.97 Å². The SMILES string of the molecule is CCc1coc(NS(C)(=O)=C(C)c2ccc(C(F)(F)F)nc2)n1. The second-order valence-corrected chi connectivity index (χ2v) is 7.43. The third kappa shape index (κ3) is 4.04. The van der Waals surface area contributed by atoms with Gasteiger partial charge >= 0.3 is 12.2 Å². The Morgan fingerprint density at radius 1 is 1.39 bits per heavy atom. The van der Waals surface area contributed by atoms with Gasteiger partial charge in [-0.1, -0.05) is 13.0 Å². The predicted octanol–water partition coefficient (Wildman–Crippen LogP) is 3.13. The fourth-order valence-electron chi connectivity index (χ4n) is 1.75. The zero-order chi connectivity index (χ0) is 17.3. The van der Waals surface area contributed by atoms with Gasteiger partial charge in [0.1, 0.15) is 12.0 Å². The molecule has 0 aliphatic rings. The highest BCUT2D eigenvalue weighted by atomic mass is 32.2. The average molecular weight is 347 g/mol. The van der Waals surface area contributed by atoms with E-state index in [-0.39, 0.29) is 6.01 Å². The van der Waals surface area contributed by atoms with E-state index in [1.807, 2.05) is 6.92 Å². The van der Waals surface area contributed by atoms with Crippen molar-refractivity contribution < 1.29 is 21.8 Å². The van der Waals surface area contributed by atoms with Crippen LogP contribution in [0.1, 0.15) is 30.8 Å². The fourth-order valence-corrected chi connectivity index (χ4v) is 2.90. The molecule has 2 aromatic heterocycles. The molecule has 0 aromatic carbocycles. The molecule has 0 bridgehead atoms. The minimum atomic E-state index is -4.51. The normalized spacial score (nSPS) is 14.3. The first kappa shape index (κ1) is 17.3. The van der Waals surface area contributed by atoms with Gasteiger partial charge in [-0.2, -0.15) is 18.2 Å². The maximum Gasteiger partial charge on any atom is 0.433 e. The Morgan fingerprint density at radius 2 is 2.09 bits per heavy atom. The third-order valence-corrected chi connectivity index (χ3v) is 5.21. The predicted molar refractivity (Wildman–Crippen MR) is 82.6 cm³/mol. The first-order valence-corrected chi connectivity index (χ1v) is 8.68. The molecule has 23 heavy (non-hydrogen) atoms. The lowest BCUT2D eigenvalue weighted by atomic mass is 10.2. The molecule has 2 aromatic rings. The molecule has 0 saturated heterocycles. The van der Waals surface area contributed by atoms with Crippen LogP contribution in [0.15, 0.2) is 29.0 Å². The lowest BCUT2D eigenvalue weighted by molar-refractivity contribution is -0.141. The summed E-state index contributed by atoms with van der Waals surface area (Å²) in [7, 11) is -2.77. The van der Waals surface area contributed by atoms with Crippen LogP contribution in [-0.4, -0.2) is 25.3 Å². The van der Waals surface area contributed by atoms with Crippen molar-refractivity contribution in [3.63, 3.8) is 0 Å². The molecule has 1 N–H and O–H groups in total. The van der Waals surface area contributed by atoms with Gasteiger partial charge < -0.3 is 4.42 Å². The number of nitrogens with one attached hydrogen (secondary N) is 1. The molecule has 0 radical (unpaired) electrons. The summed E-state index contributed by atoms with van der Waals surface area (Å²) in [5.74, 6) is 0. The molecule has 5 nitrogen and oxygen atoms in total. The minimum Gasteiger partial charge on any atom is -0.431 e. The molecule has 0 spiro atoms. The Balaban J connectivity index is 2.32. The van der Waals surface area contributed by atoms with Crippen molar-refractivity contribution in [2.45, 2.75) is 26.4 Å². The Bertz CT molecular complexity index is 803. The van der Waals surface area contributed by atoms with E-state index in [4.69, 9.17) is 4.42 Å². The van der Waals surface area contributed by atoms with Crippen LogP contribution in [0, 0.1) is 0 Å². The molecule has 0 aliphatic carbocycles. The molecule has 2 rings (SSSR count). The van der Waals surface area contributed by atoms with Crippen LogP contribution in [0.25, 0.3) is 0 Å². The number of nitrogens with zero attached hydrogens (tertiary/aromatic N) is 2. The molecule has 0 amide bonds. The molecule has 1 atom stereocenters. The lowest BCUT2D eigenvalue weighted by Gasteiger charge is -2.12. The number of oxazole rings is 1. The second kappa shape index (κ2) is 6.23. The lowest BCUT2D eigenvalue weighted by Crippen LogP contribution is -2.20. The largest absolute Gasteiger partial charge is 0.433 e. The van der Waals surface area contributed by atoms with Crippen molar-refractivity contribution in [2.24, 2.45) is 0 Å². The van der Waals surface area contributed by atoms with Gasteiger partial charge in [-0.15, -0.1) is 0 Å². The zero-order valence-electron chi connectivity index (χ0n) is 12.8. The van der Waals surface area contributed by atoms with Gasteiger partial charge in [-0.25, -0.2) is 4.21 Å². The number of halogens is 3. The first-order valence-electron chi connectivity index (χ1n) is 6.72. The number of rotatable bonds is 4. The maximum absolute atomic E-state index is 12.7. The number of aromatic nitrogens is 2. The highest BCUT2D eigenvalue weighted by Gasteiger charge is 2.32. The van der Waals surface area contributed by atoms with E-state index in [2.05, 4.69) is 14.7 Å². The molecule has 0 saturated carbocycles. The van der Waals surface area contributed by atoms with E-state index in [0.29, 0.717) is 22.5 Å². The van der Waals surface area contributed by atoms with E-state index in [9.17, 15) is 17.4 Å². The Hall–Kier alpha value is -2.03. The quantitative estimate of drug-likeness (QED) is 0.681. The summed E-state index contributed by atoms with van der Waals surface area (Å²) < 4.78 is 58.1. The minimum absolute atomic E-state index is 0.105. The number of pyridine rings is 1. The van der Waals surface area contributed by atoms with Crippen LogP contribution in [0.2, 0.25) is 0 Å². The van der Waals surface area contributed by atoms with Crippen molar-refractivity contribution in [2.75, 3.05) is 11.0 Å². The Labute approximate surface area is 132 Å². The number of hydrogen-bond donors (Lipinski definition) is 1. The summed E-state index contributed by atoms with van der Waals surface area (Å²) in [6.07, 6.45) is 0.0905. The standard InChI is InChI=1S/C14H16F3N3O2S/c1-4-11-8-22-13(19-11)20-23(3,21)9(2)10-5-6-12(18-7-10)14(15,16)17/h5-8H,4H2,1-3H3,(H,19,20,21). The summed E-state index contributed by atoms with van der Waals surface area (Å²) in [4.78, 5) is 7.83.